The van der Waals surface area contributed by atoms with Gasteiger partial charge >= 0.3 is 0 Å². The molecule has 1 fully saturated rings. The summed E-state index contributed by atoms with van der Waals surface area (Å²) in [5.41, 5.74) is 16.8. The van der Waals surface area contributed by atoms with Crippen molar-refractivity contribution in [3.8, 4) is 5.75 Å². The Morgan fingerprint density at radius 2 is 1.65 bits per heavy atom. The largest absolute Gasteiger partial charge is 0.507 e. The number of aromatic hydroxyl groups is 1. The standard InChI is InChI=1S/C20H23N5O/c21-20-17(13-18(23-24-20)16-3-1-2-4-19(16)26)14-5-7-15(8-6-14)25-11-9-22-10-12-25/h1-8,13,22-24,26H,9-12,21H2. The van der Waals surface area contributed by atoms with Crippen LogP contribution < -0.4 is 26.8 Å². The lowest BCUT2D eigenvalue weighted by atomic mass is 10.0. The summed E-state index contributed by atoms with van der Waals surface area (Å²) in [5.74, 6) is 0.779. The molecule has 0 radical (unpaired) electrons. The van der Waals surface area contributed by atoms with Crippen LogP contribution in [0.5, 0.6) is 5.75 Å². The van der Waals surface area contributed by atoms with Crippen LogP contribution in [0.2, 0.25) is 0 Å². The lowest BCUT2D eigenvalue weighted by Gasteiger charge is -2.29. The van der Waals surface area contributed by atoms with Gasteiger partial charge in [0.15, 0.2) is 0 Å². The number of hydrogen-bond donors (Lipinski definition) is 5. The molecule has 0 unspecified atom stereocenters. The van der Waals surface area contributed by atoms with Crippen molar-refractivity contribution in [2.75, 3.05) is 31.1 Å². The topological polar surface area (TPSA) is 85.6 Å². The van der Waals surface area contributed by atoms with Gasteiger partial charge in [0.25, 0.3) is 0 Å². The third kappa shape index (κ3) is 3.19. The third-order valence-corrected chi connectivity index (χ3v) is 4.77. The van der Waals surface area contributed by atoms with Gasteiger partial charge in [-0.1, -0.05) is 24.3 Å². The molecule has 1 saturated heterocycles. The van der Waals surface area contributed by atoms with Crippen LogP contribution in [-0.4, -0.2) is 31.3 Å². The van der Waals surface area contributed by atoms with Crippen LogP contribution in [0.1, 0.15) is 11.1 Å². The second-order valence-electron chi connectivity index (χ2n) is 6.44. The second-order valence-corrected chi connectivity index (χ2v) is 6.44. The molecule has 0 atom stereocenters. The van der Waals surface area contributed by atoms with Crippen molar-refractivity contribution in [3.63, 3.8) is 0 Å². The van der Waals surface area contributed by atoms with Crippen LogP contribution in [0.3, 0.4) is 0 Å². The van der Waals surface area contributed by atoms with Gasteiger partial charge in [-0.15, -0.1) is 0 Å². The normalized spacial score (nSPS) is 17.4. The molecule has 6 nitrogen and oxygen atoms in total. The maximum atomic E-state index is 10.1. The number of para-hydroxylation sites is 1. The molecule has 2 aromatic carbocycles. The second kappa shape index (κ2) is 7.01. The summed E-state index contributed by atoms with van der Waals surface area (Å²) in [6.07, 6.45) is 1.96. The molecule has 0 saturated carbocycles. The van der Waals surface area contributed by atoms with Crippen molar-refractivity contribution in [2.24, 2.45) is 5.73 Å². The number of anilines is 1. The fourth-order valence-electron chi connectivity index (χ4n) is 3.32. The molecule has 26 heavy (non-hydrogen) atoms. The van der Waals surface area contributed by atoms with E-state index in [9.17, 15) is 5.11 Å². The Morgan fingerprint density at radius 1 is 0.923 bits per heavy atom. The van der Waals surface area contributed by atoms with Crippen molar-refractivity contribution in [2.45, 2.75) is 0 Å². The molecule has 2 heterocycles. The number of benzene rings is 2. The number of piperazine rings is 1. The van der Waals surface area contributed by atoms with E-state index in [4.69, 9.17) is 5.73 Å². The smallest absolute Gasteiger partial charge is 0.124 e. The fraction of sp³-hybridized carbons (Fsp3) is 0.200. The number of phenolic OH excluding ortho intramolecular Hbond substituents is 1. The quantitative estimate of drug-likeness (QED) is 0.579. The molecule has 2 aliphatic heterocycles. The minimum atomic E-state index is 0.224. The van der Waals surface area contributed by atoms with Gasteiger partial charge in [-0.2, -0.15) is 0 Å². The lowest BCUT2D eigenvalue weighted by molar-refractivity contribution is 0.472. The van der Waals surface area contributed by atoms with Crippen LogP contribution in [-0.2, 0) is 0 Å². The first-order chi connectivity index (χ1) is 12.7. The Morgan fingerprint density at radius 3 is 2.38 bits per heavy atom. The predicted molar refractivity (Wildman–Crippen MR) is 105 cm³/mol. The summed E-state index contributed by atoms with van der Waals surface area (Å²) in [6.45, 7) is 4.07. The van der Waals surface area contributed by atoms with E-state index in [1.54, 1.807) is 12.1 Å². The Labute approximate surface area is 153 Å². The van der Waals surface area contributed by atoms with E-state index in [0.717, 1.165) is 48.6 Å². The van der Waals surface area contributed by atoms with Gasteiger partial charge in [-0.05, 0) is 35.9 Å². The Balaban J connectivity index is 1.62. The summed E-state index contributed by atoms with van der Waals surface area (Å²) in [4.78, 5) is 2.38. The average molecular weight is 349 g/mol. The van der Waals surface area contributed by atoms with Crippen LogP contribution in [0.15, 0.2) is 60.4 Å². The first-order valence-corrected chi connectivity index (χ1v) is 8.80. The zero-order valence-corrected chi connectivity index (χ0v) is 14.5. The Kier molecular flexibility index (Phi) is 4.41. The molecule has 6 N–H and O–H groups in total. The zero-order chi connectivity index (χ0) is 17.9. The molecular formula is C20H23N5O. The first kappa shape index (κ1) is 16.4. The number of nitrogens with zero attached hydrogens (tertiary/aromatic N) is 1. The molecule has 0 amide bonds. The van der Waals surface area contributed by atoms with E-state index < -0.39 is 0 Å². The van der Waals surface area contributed by atoms with Crippen LogP contribution in [0.25, 0.3) is 11.3 Å². The molecule has 0 aromatic heterocycles. The van der Waals surface area contributed by atoms with Gasteiger partial charge in [0.2, 0.25) is 0 Å². The molecule has 0 aliphatic carbocycles. The van der Waals surface area contributed by atoms with E-state index in [-0.39, 0.29) is 5.75 Å². The minimum absolute atomic E-state index is 0.224. The highest BCUT2D eigenvalue weighted by atomic mass is 16.3. The SMILES string of the molecule is NC1=C(c2ccc(N3CCNCC3)cc2)C=C(c2ccccc2O)NN1. The highest BCUT2D eigenvalue weighted by Crippen LogP contribution is 2.29. The summed E-state index contributed by atoms with van der Waals surface area (Å²) >= 11 is 0. The predicted octanol–water partition coefficient (Wildman–Crippen LogP) is 1.58. The van der Waals surface area contributed by atoms with Crippen LogP contribution in [0.4, 0.5) is 5.69 Å². The molecule has 4 rings (SSSR count). The van der Waals surface area contributed by atoms with Gasteiger partial charge < -0.3 is 21.1 Å². The molecule has 2 aliphatic rings. The third-order valence-electron chi connectivity index (χ3n) is 4.77. The Hall–Kier alpha value is -3.12. The monoisotopic (exact) mass is 349 g/mol. The number of phenols is 1. The maximum Gasteiger partial charge on any atom is 0.124 e. The summed E-state index contributed by atoms with van der Waals surface area (Å²) in [6, 6.07) is 15.7. The van der Waals surface area contributed by atoms with E-state index in [0.29, 0.717) is 5.82 Å². The number of rotatable bonds is 3. The molecule has 0 spiro atoms. The maximum absolute atomic E-state index is 10.1. The molecule has 134 valence electrons. The fourth-order valence-corrected chi connectivity index (χ4v) is 3.32. The van der Waals surface area contributed by atoms with Gasteiger partial charge in [0.05, 0.1) is 5.70 Å². The highest BCUT2D eigenvalue weighted by Gasteiger charge is 2.16. The minimum Gasteiger partial charge on any atom is -0.507 e. The lowest BCUT2D eigenvalue weighted by Crippen LogP contribution is -2.43. The average Bonchev–Trinajstić information content (AvgIpc) is 2.70. The van der Waals surface area contributed by atoms with Crippen LogP contribution >= 0.6 is 0 Å². The van der Waals surface area contributed by atoms with Gasteiger partial charge in [-0.3, -0.25) is 10.9 Å². The van der Waals surface area contributed by atoms with E-state index >= 15 is 0 Å². The molecule has 0 bridgehead atoms. The van der Waals surface area contributed by atoms with Crippen molar-refractivity contribution >= 4 is 17.0 Å². The summed E-state index contributed by atoms with van der Waals surface area (Å²) in [5, 5.41) is 13.5. The van der Waals surface area contributed by atoms with Gasteiger partial charge in [0.1, 0.15) is 11.6 Å². The number of hydrazine groups is 1. The molecular weight excluding hydrogens is 326 g/mol. The van der Waals surface area contributed by atoms with Gasteiger partial charge in [0, 0.05) is 43.0 Å². The van der Waals surface area contributed by atoms with Crippen molar-refractivity contribution in [3.05, 3.63) is 71.6 Å². The Bertz CT molecular complexity index is 851. The van der Waals surface area contributed by atoms with Crippen LogP contribution in [0, 0.1) is 0 Å². The van der Waals surface area contributed by atoms with Gasteiger partial charge in [-0.25, -0.2) is 0 Å². The first-order valence-electron chi connectivity index (χ1n) is 8.80. The van der Waals surface area contributed by atoms with E-state index in [1.807, 2.05) is 18.2 Å². The summed E-state index contributed by atoms with van der Waals surface area (Å²) < 4.78 is 0. The van der Waals surface area contributed by atoms with Crippen molar-refractivity contribution in [1.82, 2.24) is 16.2 Å². The van der Waals surface area contributed by atoms with Crippen molar-refractivity contribution in [1.29, 1.82) is 0 Å². The van der Waals surface area contributed by atoms with E-state index in [1.165, 1.54) is 5.69 Å². The number of nitrogens with one attached hydrogen (secondary N) is 3. The highest BCUT2D eigenvalue weighted by molar-refractivity contribution is 5.87. The van der Waals surface area contributed by atoms with E-state index in [2.05, 4.69) is 45.3 Å². The van der Waals surface area contributed by atoms with Crippen molar-refractivity contribution < 1.29 is 5.11 Å². The number of allylic oxidation sites excluding steroid dienone is 2. The summed E-state index contributed by atoms with van der Waals surface area (Å²) in [7, 11) is 0. The number of hydrogen-bond acceptors (Lipinski definition) is 6. The zero-order valence-electron chi connectivity index (χ0n) is 14.5. The number of nitrogens with two attached hydrogens (primary N) is 1. The molecule has 6 heteroatoms. The molecule has 2 aromatic rings.